The highest BCUT2D eigenvalue weighted by Gasteiger charge is 2.21. The minimum absolute atomic E-state index is 0.0348. The molecule has 0 aliphatic carbocycles. The fourth-order valence-corrected chi connectivity index (χ4v) is 1.11. The van der Waals surface area contributed by atoms with E-state index >= 15 is 0 Å². The van der Waals surface area contributed by atoms with Crippen LogP contribution in [-0.2, 0) is 4.74 Å². The molecule has 0 unspecified atom stereocenters. The molecule has 1 saturated heterocycles. The van der Waals surface area contributed by atoms with Crippen LogP contribution in [0.25, 0.3) is 0 Å². The van der Waals surface area contributed by atoms with Gasteiger partial charge in [-0.15, -0.1) is 0 Å². The highest BCUT2D eigenvalue weighted by atomic mass is 19.1. The summed E-state index contributed by atoms with van der Waals surface area (Å²) in [5, 5.41) is 2.67. The molecular formula is C9H9FN2O2. The van der Waals surface area contributed by atoms with Gasteiger partial charge in [-0.1, -0.05) is 6.07 Å². The maximum atomic E-state index is 12.6. The summed E-state index contributed by atoms with van der Waals surface area (Å²) in [5.41, 5.74) is 0.0944. The maximum Gasteiger partial charge on any atom is 0.270 e. The average Bonchev–Trinajstić information content (AvgIpc) is 2.11. The van der Waals surface area contributed by atoms with Crippen molar-refractivity contribution in [1.82, 2.24) is 10.3 Å². The van der Waals surface area contributed by atoms with Crippen LogP contribution in [0.3, 0.4) is 0 Å². The highest BCUT2D eigenvalue weighted by Crippen LogP contribution is 2.02. The summed E-state index contributed by atoms with van der Waals surface area (Å²) in [6.07, 6.45) is 0. The molecule has 0 bridgehead atoms. The first-order valence-corrected chi connectivity index (χ1v) is 4.27. The van der Waals surface area contributed by atoms with Gasteiger partial charge in [0.05, 0.1) is 19.3 Å². The van der Waals surface area contributed by atoms with E-state index in [1.807, 2.05) is 0 Å². The molecule has 14 heavy (non-hydrogen) atoms. The molecule has 1 aliphatic heterocycles. The Bertz CT molecular complexity index is 352. The van der Waals surface area contributed by atoms with E-state index in [-0.39, 0.29) is 17.6 Å². The minimum Gasteiger partial charge on any atom is -0.377 e. The number of hydrogen-bond acceptors (Lipinski definition) is 3. The third-order valence-electron chi connectivity index (χ3n) is 1.92. The van der Waals surface area contributed by atoms with Gasteiger partial charge < -0.3 is 10.1 Å². The van der Waals surface area contributed by atoms with Gasteiger partial charge in [-0.05, 0) is 12.1 Å². The van der Waals surface area contributed by atoms with Gasteiger partial charge in [0.2, 0.25) is 5.95 Å². The van der Waals surface area contributed by atoms with E-state index in [9.17, 15) is 9.18 Å². The van der Waals surface area contributed by atoms with Crippen LogP contribution in [0.1, 0.15) is 10.5 Å². The van der Waals surface area contributed by atoms with Gasteiger partial charge in [-0.2, -0.15) is 4.39 Å². The lowest BCUT2D eigenvalue weighted by atomic mass is 10.2. The standard InChI is InChI=1S/C9H9FN2O2/c10-8-3-1-2-7(12-8)9(13)11-6-4-14-5-6/h1-3,6H,4-5H2,(H,11,13). The predicted octanol–water partition coefficient (Wildman–Crippen LogP) is 0.349. The monoisotopic (exact) mass is 196 g/mol. The maximum absolute atomic E-state index is 12.6. The van der Waals surface area contributed by atoms with Crippen molar-refractivity contribution in [3.05, 3.63) is 29.8 Å². The molecule has 1 fully saturated rings. The first-order chi connectivity index (χ1) is 6.75. The zero-order valence-corrected chi connectivity index (χ0v) is 7.37. The van der Waals surface area contributed by atoms with Gasteiger partial charge >= 0.3 is 0 Å². The van der Waals surface area contributed by atoms with E-state index in [4.69, 9.17) is 4.74 Å². The van der Waals surface area contributed by atoms with Crippen LogP contribution >= 0.6 is 0 Å². The molecular weight excluding hydrogens is 187 g/mol. The zero-order chi connectivity index (χ0) is 9.97. The van der Waals surface area contributed by atoms with Crippen molar-refractivity contribution in [3.8, 4) is 0 Å². The third kappa shape index (κ3) is 1.88. The largest absolute Gasteiger partial charge is 0.377 e. The number of nitrogens with zero attached hydrogens (tertiary/aromatic N) is 1. The number of amides is 1. The van der Waals surface area contributed by atoms with E-state index in [0.717, 1.165) is 0 Å². The first kappa shape index (κ1) is 9.08. The van der Waals surface area contributed by atoms with E-state index in [1.165, 1.54) is 18.2 Å². The van der Waals surface area contributed by atoms with Crippen molar-refractivity contribution in [3.63, 3.8) is 0 Å². The lowest BCUT2D eigenvalue weighted by Gasteiger charge is -2.26. The number of nitrogens with one attached hydrogen (secondary N) is 1. The molecule has 4 nitrogen and oxygen atoms in total. The topological polar surface area (TPSA) is 51.2 Å². The number of hydrogen-bond donors (Lipinski definition) is 1. The molecule has 1 aromatic rings. The molecule has 1 aliphatic rings. The fourth-order valence-electron chi connectivity index (χ4n) is 1.11. The molecule has 1 N–H and O–H groups in total. The minimum atomic E-state index is -0.650. The van der Waals surface area contributed by atoms with E-state index < -0.39 is 5.95 Å². The van der Waals surface area contributed by atoms with Gasteiger partial charge in [-0.3, -0.25) is 4.79 Å². The smallest absolute Gasteiger partial charge is 0.270 e. The Labute approximate surface area is 80.1 Å². The fraction of sp³-hybridized carbons (Fsp3) is 0.333. The number of halogens is 1. The molecule has 0 aromatic carbocycles. The third-order valence-corrected chi connectivity index (χ3v) is 1.92. The van der Waals surface area contributed by atoms with Crippen molar-refractivity contribution < 1.29 is 13.9 Å². The summed E-state index contributed by atoms with van der Waals surface area (Å²) in [4.78, 5) is 14.9. The Kier molecular flexibility index (Phi) is 2.41. The van der Waals surface area contributed by atoms with Gasteiger partial charge in [0.25, 0.3) is 5.91 Å². The summed E-state index contributed by atoms with van der Waals surface area (Å²) >= 11 is 0. The lowest BCUT2D eigenvalue weighted by Crippen LogP contribution is -2.48. The average molecular weight is 196 g/mol. The van der Waals surface area contributed by atoms with Crippen molar-refractivity contribution >= 4 is 5.91 Å². The summed E-state index contributed by atoms with van der Waals surface area (Å²) in [6.45, 7) is 1.03. The van der Waals surface area contributed by atoms with Crippen LogP contribution < -0.4 is 5.32 Å². The van der Waals surface area contributed by atoms with E-state index in [1.54, 1.807) is 0 Å². The molecule has 1 amide bonds. The first-order valence-electron chi connectivity index (χ1n) is 4.27. The Balaban J connectivity index is 2.02. The van der Waals surface area contributed by atoms with E-state index in [2.05, 4.69) is 10.3 Å². The Hall–Kier alpha value is -1.49. The van der Waals surface area contributed by atoms with Gasteiger partial charge in [-0.25, -0.2) is 4.98 Å². The highest BCUT2D eigenvalue weighted by molar-refractivity contribution is 5.92. The SMILES string of the molecule is O=C(NC1COC1)c1cccc(F)n1. The van der Waals surface area contributed by atoms with Crippen LogP contribution in [0.5, 0.6) is 0 Å². The molecule has 2 rings (SSSR count). The van der Waals surface area contributed by atoms with Gasteiger partial charge in [0.1, 0.15) is 5.69 Å². The van der Waals surface area contributed by atoms with Crippen LogP contribution in [0.15, 0.2) is 18.2 Å². The molecule has 2 heterocycles. The summed E-state index contributed by atoms with van der Waals surface area (Å²) in [5.74, 6) is -1.01. The Morgan fingerprint density at radius 3 is 2.93 bits per heavy atom. The normalized spacial score (nSPS) is 16.1. The second-order valence-corrected chi connectivity index (χ2v) is 3.05. The second-order valence-electron chi connectivity index (χ2n) is 3.05. The number of carbonyl (C=O) groups excluding carboxylic acids is 1. The zero-order valence-electron chi connectivity index (χ0n) is 7.37. The quantitative estimate of drug-likeness (QED) is 0.694. The number of pyridine rings is 1. The molecule has 5 heteroatoms. The molecule has 0 spiro atoms. The molecule has 1 aromatic heterocycles. The number of rotatable bonds is 2. The molecule has 0 saturated carbocycles. The summed E-state index contributed by atoms with van der Waals surface area (Å²) in [6, 6.07) is 4.16. The molecule has 0 atom stereocenters. The van der Waals surface area contributed by atoms with Gasteiger partial charge in [0, 0.05) is 0 Å². The van der Waals surface area contributed by atoms with Crippen LogP contribution in [0.4, 0.5) is 4.39 Å². The van der Waals surface area contributed by atoms with Crippen LogP contribution in [0.2, 0.25) is 0 Å². The number of carbonyl (C=O) groups is 1. The van der Waals surface area contributed by atoms with Crippen molar-refractivity contribution in [2.75, 3.05) is 13.2 Å². The second kappa shape index (κ2) is 3.71. The number of ether oxygens (including phenoxy) is 1. The van der Waals surface area contributed by atoms with Crippen LogP contribution in [0, 0.1) is 5.95 Å². The lowest BCUT2D eigenvalue weighted by molar-refractivity contribution is -0.00356. The van der Waals surface area contributed by atoms with Gasteiger partial charge in [0.15, 0.2) is 0 Å². The van der Waals surface area contributed by atoms with E-state index in [0.29, 0.717) is 13.2 Å². The molecule has 0 radical (unpaired) electrons. The van der Waals surface area contributed by atoms with Crippen molar-refractivity contribution in [2.24, 2.45) is 0 Å². The summed E-state index contributed by atoms with van der Waals surface area (Å²) < 4.78 is 17.5. The number of aromatic nitrogens is 1. The Morgan fingerprint density at radius 2 is 2.36 bits per heavy atom. The van der Waals surface area contributed by atoms with Crippen molar-refractivity contribution in [2.45, 2.75) is 6.04 Å². The van der Waals surface area contributed by atoms with Crippen molar-refractivity contribution in [1.29, 1.82) is 0 Å². The Morgan fingerprint density at radius 1 is 1.57 bits per heavy atom. The predicted molar refractivity (Wildman–Crippen MR) is 46.3 cm³/mol. The summed E-state index contributed by atoms with van der Waals surface area (Å²) in [7, 11) is 0. The van der Waals surface area contributed by atoms with Crippen LogP contribution in [-0.4, -0.2) is 30.1 Å². The molecule has 74 valence electrons.